The Morgan fingerprint density at radius 3 is 2.25 bits per heavy atom. The van der Waals surface area contributed by atoms with Crippen molar-refractivity contribution in [3.63, 3.8) is 0 Å². The summed E-state index contributed by atoms with van der Waals surface area (Å²) in [6.07, 6.45) is -6.44. The molecule has 0 spiro atoms. The van der Waals surface area contributed by atoms with E-state index in [1.807, 2.05) is 6.07 Å². The molecular weight excluding hydrogens is 830 g/mol. The van der Waals surface area contributed by atoms with Gasteiger partial charge in [0.1, 0.15) is 19.0 Å². The van der Waals surface area contributed by atoms with E-state index in [-0.39, 0.29) is 31.1 Å². The van der Waals surface area contributed by atoms with Crippen LogP contribution in [0.15, 0.2) is 41.2 Å². The number of ether oxygens (including phenoxy) is 9. The number of nitrogens with zero attached hydrogens (tertiary/aromatic N) is 3. The van der Waals surface area contributed by atoms with Crippen molar-refractivity contribution in [2.24, 2.45) is 0 Å². The average Bonchev–Trinajstić information content (AvgIpc) is 3.62. The number of carbonyl (C=O) groups is 5. The molecule has 0 saturated carbocycles. The Morgan fingerprint density at radius 1 is 0.889 bits per heavy atom. The molecule has 1 aliphatic carbocycles. The molecule has 0 N–H and O–H groups in total. The first kappa shape index (κ1) is 42.7. The highest BCUT2D eigenvalue weighted by atomic mass is 16.7. The summed E-state index contributed by atoms with van der Waals surface area (Å²) in [6.45, 7) is 4.68. The fourth-order valence-electron chi connectivity index (χ4n) is 8.71. The number of fused-ring (bicyclic) bond motifs is 5. The summed E-state index contributed by atoms with van der Waals surface area (Å²) in [6, 6.07) is 9.38. The van der Waals surface area contributed by atoms with Gasteiger partial charge in [-0.2, -0.15) is 0 Å². The molecule has 5 heterocycles. The highest BCUT2D eigenvalue weighted by Gasteiger charge is 2.56. The first-order chi connectivity index (χ1) is 30.0. The van der Waals surface area contributed by atoms with Crippen LogP contribution < -0.4 is 15.0 Å². The quantitative estimate of drug-likeness (QED) is 0.0799. The maximum atomic E-state index is 13.9. The molecule has 8 rings (SSSR count). The SMILES string of the molecule is COC(=O)C1O[C@@H](Oc2ccc(COc3ccc4nc5c(c6c4c3CCC6)Cn3c-5cc4c(c3=O)COC(=O)[C@@]4(C)OC)cc2[N+](=O)[O-])C(OC(C)=O)C(OC(C)=O)[C@@H]1OC(C)=O. The zero-order valence-corrected chi connectivity index (χ0v) is 34.9. The molecule has 63 heavy (non-hydrogen) atoms. The number of rotatable bonds is 11. The smallest absolute Gasteiger partial charge is 0.343 e. The van der Waals surface area contributed by atoms with Crippen molar-refractivity contribution in [1.29, 1.82) is 0 Å². The summed E-state index contributed by atoms with van der Waals surface area (Å²) < 4.78 is 51.4. The van der Waals surface area contributed by atoms with Crippen LogP contribution in [0, 0.1) is 10.1 Å². The summed E-state index contributed by atoms with van der Waals surface area (Å²) in [5.74, 6) is -4.20. The van der Waals surface area contributed by atoms with E-state index >= 15 is 0 Å². The Balaban J connectivity index is 1.08. The lowest BCUT2D eigenvalue weighted by molar-refractivity contribution is -0.387. The number of nitro benzene ring substituents is 1. The lowest BCUT2D eigenvalue weighted by Gasteiger charge is -2.42. The second kappa shape index (κ2) is 16.4. The molecule has 0 amide bonds. The van der Waals surface area contributed by atoms with Gasteiger partial charge in [0, 0.05) is 56.0 Å². The van der Waals surface area contributed by atoms with E-state index in [0.717, 1.165) is 62.8 Å². The predicted octanol–water partition coefficient (Wildman–Crippen LogP) is 3.39. The number of carbonyl (C=O) groups excluding carboxylic acids is 5. The average molecular weight is 872 g/mol. The second-order valence-corrected chi connectivity index (χ2v) is 15.5. The third kappa shape index (κ3) is 7.47. The molecule has 0 radical (unpaired) electrons. The van der Waals surface area contributed by atoms with Gasteiger partial charge in [-0.25, -0.2) is 14.6 Å². The minimum absolute atomic E-state index is 0.113. The van der Waals surface area contributed by atoms with Crippen molar-refractivity contribution in [2.75, 3.05) is 14.2 Å². The minimum atomic E-state index is -1.81. The molecule has 2 aromatic carbocycles. The summed E-state index contributed by atoms with van der Waals surface area (Å²) in [5.41, 5.74) is 3.64. The van der Waals surface area contributed by atoms with Gasteiger partial charge in [-0.3, -0.25) is 29.3 Å². The Bertz CT molecular complexity index is 2690. The lowest BCUT2D eigenvalue weighted by atomic mass is 9.86. The van der Waals surface area contributed by atoms with Crippen LogP contribution in [-0.2, 0) is 95.3 Å². The third-order valence-electron chi connectivity index (χ3n) is 11.6. The van der Waals surface area contributed by atoms with Crippen LogP contribution in [0.3, 0.4) is 0 Å². The van der Waals surface area contributed by atoms with Gasteiger partial charge in [-0.05, 0) is 61.6 Å². The topological polar surface area (TPSA) is 246 Å². The maximum Gasteiger partial charge on any atom is 0.343 e. The number of benzene rings is 2. The van der Waals surface area contributed by atoms with Gasteiger partial charge in [0.05, 0.1) is 41.0 Å². The van der Waals surface area contributed by atoms with E-state index < -0.39 is 76.8 Å². The van der Waals surface area contributed by atoms with Gasteiger partial charge in [0.2, 0.25) is 12.4 Å². The molecule has 20 nitrogen and oxygen atoms in total. The van der Waals surface area contributed by atoms with Crippen molar-refractivity contribution in [2.45, 2.75) is 103 Å². The number of aryl methyl sites for hydroxylation is 2. The Labute approximate surface area is 357 Å². The molecule has 0 bridgehead atoms. The van der Waals surface area contributed by atoms with Crippen LogP contribution in [0.1, 0.15) is 67.5 Å². The Morgan fingerprint density at radius 2 is 1.57 bits per heavy atom. The fourth-order valence-corrected chi connectivity index (χ4v) is 8.71. The number of aromatic nitrogens is 2. The van der Waals surface area contributed by atoms with E-state index in [4.69, 9.17) is 47.6 Å². The van der Waals surface area contributed by atoms with Crippen LogP contribution in [0.4, 0.5) is 5.69 Å². The van der Waals surface area contributed by atoms with E-state index in [0.29, 0.717) is 45.8 Å². The molecule has 20 heteroatoms. The molecule has 4 aliphatic rings. The third-order valence-corrected chi connectivity index (χ3v) is 11.6. The Kier molecular flexibility index (Phi) is 11.1. The molecule has 1 saturated heterocycles. The van der Waals surface area contributed by atoms with E-state index in [9.17, 15) is 38.9 Å². The van der Waals surface area contributed by atoms with Crippen molar-refractivity contribution >= 4 is 46.4 Å². The predicted molar refractivity (Wildman–Crippen MR) is 212 cm³/mol. The molecule has 3 unspecified atom stereocenters. The number of nitro groups is 1. The molecular formula is C43H41N3O17. The largest absolute Gasteiger partial charge is 0.489 e. The number of hydrogen-bond donors (Lipinski definition) is 0. The number of cyclic esters (lactones) is 1. The summed E-state index contributed by atoms with van der Waals surface area (Å²) in [4.78, 5) is 92.8. The number of esters is 5. The lowest BCUT2D eigenvalue weighted by Crippen LogP contribution is -2.64. The first-order valence-corrected chi connectivity index (χ1v) is 19.8. The van der Waals surface area contributed by atoms with Gasteiger partial charge in [-0.1, -0.05) is 6.07 Å². The molecule has 1 fully saturated rings. The summed E-state index contributed by atoms with van der Waals surface area (Å²) in [7, 11) is 2.42. The van der Waals surface area contributed by atoms with Crippen molar-refractivity contribution in [3.05, 3.63) is 90.2 Å². The normalized spacial score (nSPS) is 23.0. The van der Waals surface area contributed by atoms with Crippen molar-refractivity contribution < 1.29 is 71.5 Å². The molecule has 2 aromatic heterocycles. The van der Waals surface area contributed by atoms with Gasteiger partial charge in [0.15, 0.2) is 29.7 Å². The van der Waals surface area contributed by atoms with Gasteiger partial charge < -0.3 is 47.2 Å². The second-order valence-electron chi connectivity index (χ2n) is 15.5. The molecule has 3 aliphatic heterocycles. The maximum absolute atomic E-state index is 13.9. The molecule has 330 valence electrons. The minimum Gasteiger partial charge on any atom is -0.489 e. The monoisotopic (exact) mass is 871 g/mol. The highest BCUT2D eigenvalue weighted by Crippen LogP contribution is 2.44. The zero-order valence-electron chi connectivity index (χ0n) is 34.9. The molecule has 4 aromatic rings. The number of pyridine rings is 2. The highest BCUT2D eigenvalue weighted by molar-refractivity contribution is 5.93. The van der Waals surface area contributed by atoms with Crippen LogP contribution in [0.2, 0.25) is 0 Å². The zero-order chi connectivity index (χ0) is 45.1. The van der Waals surface area contributed by atoms with Gasteiger partial charge in [-0.15, -0.1) is 0 Å². The van der Waals surface area contributed by atoms with Crippen molar-refractivity contribution in [3.8, 4) is 22.9 Å². The number of hydrogen-bond acceptors (Lipinski definition) is 18. The van der Waals surface area contributed by atoms with Crippen LogP contribution in [-0.4, -0.2) is 89.2 Å². The van der Waals surface area contributed by atoms with Crippen LogP contribution >= 0.6 is 0 Å². The first-order valence-electron chi connectivity index (χ1n) is 19.8. The van der Waals surface area contributed by atoms with Gasteiger partial charge >= 0.3 is 35.5 Å². The number of methoxy groups -OCH3 is 2. The Hall–Kier alpha value is -6.93. The van der Waals surface area contributed by atoms with Gasteiger partial charge in [0.25, 0.3) is 5.56 Å². The molecule has 6 atom stereocenters. The van der Waals surface area contributed by atoms with Crippen molar-refractivity contribution in [1.82, 2.24) is 9.55 Å². The van der Waals surface area contributed by atoms with E-state index in [2.05, 4.69) is 0 Å². The fraction of sp³-hybridized carbons (Fsp3) is 0.419. The summed E-state index contributed by atoms with van der Waals surface area (Å²) >= 11 is 0. The summed E-state index contributed by atoms with van der Waals surface area (Å²) in [5, 5.41) is 13.4. The van der Waals surface area contributed by atoms with Crippen LogP contribution in [0.25, 0.3) is 22.3 Å². The van der Waals surface area contributed by atoms with E-state index in [1.165, 1.54) is 25.3 Å². The van der Waals surface area contributed by atoms with Crippen LogP contribution in [0.5, 0.6) is 11.5 Å². The van der Waals surface area contributed by atoms with E-state index in [1.54, 1.807) is 23.6 Å². The standard InChI is InChI=1S/C43H41N3O17/c1-19(47)59-35-36(60-20(2)48)38(61-21(3)49)41(63-37(35)40(51)55-5)62-32-12-10-22(14-29(32)46(53)54)17-57-31-13-11-28-33-23(8-7-9-24(31)33)25-16-45-30(34(25)44-28)15-27-26(39(45)50)18-58-42(52)43(27,4)56-6/h10-15,35-38,41H,7-9,16-18H2,1-6H3/t35-,36?,37?,38?,41+,43-/m0/s1.